The molecule has 0 spiro atoms. The molecule has 0 aliphatic carbocycles. The van der Waals surface area contributed by atoms with Crippen LogP contribution in [-0.2, 0) is 6.18 Å². The van der Waals surface area contributed by atoms with Crippen molar-refractivity contribution in [1.29, 1.82) is 0 Å². The average molecular weight is 340 g/mol. The SMILES string of the molecule is Cc1ccccc1C(O)CNC(=O)c1cc(C(F)(F)F)c[nH]c1=O. The largest absolute Gasteiger partial charge is 0.417 e. The van der Waals surface area contributed by atoms with Crippen LogP contribution in [0.25, 0.3) is 0 Å². The molecule has 5 nitrogen and oxygen atoms in total. The molecule has 1 aromatic carbocycles. The number of pyridine rings is 1. The summed E-state index contributed by atoms with van der Waals surface area (Å²) in [6.07, 6.45) is -5.22. The van der Waals surface area contributed by atoms with E-state index in [1.54, 1.807) is 31.2 Å². The number of nitrogens with one attached hydrogen (secondary N) is 2. The van der Waals surface area contributed by atoms with Crippen molar-refractivity contribution in [2.24, 2.45) is 0 Å². The number of halogens is 3. The van der Waals surface area contributed by atoms with Crippen LogP contribution in [-0.4, -0.2) is 22.5 Å². The van der Waals surface area contributed by atoms with Gasteiger partial charge in [-0.3, -0.25) is 9.59 Å². The summed E-state index contributed by atoms with van der Waals surface area (Å²) >= 11 is 0. The molecule has 1 heterocycles. The number of carbonyl (C=O) groups is 1. The predicted molar refractivity (Wildman–Crippen MR) is 80.5 cm³/mol. The van der Waals surface area contributed by atoms with E-state index in [4.69, 9.17) is 0 Å². The van der Waals surface area contributed by atoms with E-state index in [0.29, 0.717) is 17.8 Å². The van der Waals surface area contributed by atoms with Crippen molar-refractivity contribution in [2.45, 2.75) is 19.2 Å². The fraction of sp³-hybridized carbons (Fsp3) is 0.250. The normalized spacial score (nSPS) is 12.7. The number of aliphatic hydroxyl groups is 1. The average Bonchev–Trinajstić information content (AvgIpc) is 2.52. The number of aromatic nitrogens is 1. The first kappa shape index (κ1) is 17.7. The lowest BCUT2D eigenvalue weighted by Gasteiger charge is -2.14. The second-order valence-electron chi connectivity index (χ2n) is 5.21. The highest BCUT2D eigenvalue weighted by Gasteiger charge is 2.32. The van der Waals surface area contributed by atoms with E-state index < -0.39 is 34.9 Å². The van der Waals surface area contributed by atoms with Crippen LogP contribution >= 0.6 is 0 Å². The molecule has 0 aliphatic heterocycles. The third-order valence-electron chi connectivity index (χ3n) is 3.48. The van der Waals surface area contributed by atoms with Gasteiger partial charge in [-0.05, 0) is 24.1 Å². The fourth-order valence-corrected chi connectivity index (χ4v) is 2.17. The van der Waals surface area contributed by atoms with Gasteiger partial charge in [-0.2, -0.15) is 13.2 Å². The number of hydrogen-bond donors (Lipinski definition) is 3. The van der Waals surface area contributed by atoms with E-state index in [-0.39, 0.29) is 6.54 Å². The van der Waals surface area contributed by atoms with Gasteiger partial charge in [0.25, 0.3) is 11.5 Å². The number of aromatic amines is 1. The number of carbonyl (C=O) groups excluding carboxylic acids is 1. The Balaban J connectivity index is 2.13. The molecule has 0 saturated heterocycles. The van der Waals surface area contributed by atoms with Crippen LogP contribution in [0, 0.1) is 6.92 Å². The van der Waals surface area contributed by atoms with E-state index >= 15 is 0 Å². The van der Waals surface area contributed by atoms with Gasteiger partial charge in [0, 0.05) is 12.7 Å². The number of aryl methyl sites for hydroxylation is 1. The van der Waals surface area contributed by atoms with Crippen molar-refractivity contribution >= 4 is 5.91 Å². The molecule has 2 rings (SSSR count). The molecule has 0 saturated carbocycles. The monoisotopic (exact) mass is 340 g/mol. The molecule has 0 radical (unpaired) electrons. The minimum absolute atomic E-state index is 0.237. The zero-order valence-corrected chi connectivity index (χ0v) is 12.6. The van der Waals surface area contributed by atoms with Crippen molar-refractivity contribution in [3.63, 3.8) is 0 Å². The van der Waals surface area contributed by atoms with E-state index in [1.807, 2.05) is 4.98 Å². The fourth-order valence-electron chi connectivity index (χ4n) is 2.17. The van der Waals surface area contributed by atoms with Gasteiger partial charge in [0.05, 0.1) is 11.7 Å². The molecule has 8 heteroatoms. The van der Waals surface area contributed by atoms with Gasteiger partial charge in [0.15, 0.2) is 0 Å². The van der Waals surface area contributed by atoms with Gasteiger partial charge in [0.1, 0.15) is 5.56 Å². The molecule has 1 atom stereocenters. The van der Waals surface area contributed by atoms with Crippen LogP contribution in [0.5, 0.6) is 0 Å². The molecular formula is C16H15F3N2O3. The summed E-state index contributed by atoms with van der Waals surface area (Å²) in [7, 11) is 0. The molecule has 24 heavy (non-hydrogen) atoms. The molecule has 0 bridgehead atoms. The van der Waals surface area contributed by atoms with E-state index in [9.17, 15) is 27.9 Å². The van der Waals surface area contributed by atoms with Crippen LogP contribution in [0.2, 0.25) is 0 Å². The Kier molecular flexibility index (Phi) is 5.08. The molecule has 0 fully saturated rings. The number of alkyl halides is 3. The smallest absolute Gasteiger partial charge is 0.387 e. The Morgan fingerprint density at radius 1 is 1.33 bits per heavy atom. The van der Waals surface area contributed by atoms with Gasteiger partial charge in [-0.25, -0.2) is 0 Å². The number of rotatable bonds is 4. The Morgan fingerprint density at radius 3 is 2.62 bits per heavy atom. The van der Waals surface area contributed by atoms with Gasteiger partial charge in [-0.15, -0.1) is 0 Å². The van der Waals surface area contributed by atoms with Crippen LogP contribution in [0.4, 0.5) is 13.2 Å². The molecule has 0 aliphatic rings. The van der Waals surface area contributed by atoms with Crippen molar-refractivity contribution in [2.75, 3.05) is 6.54 Å². The summed E-state index contributed by atoms with van der Waals surface area (Å²) in [4.78, 5) is 25.4. The van der Waals surface area contributed by atoms with E-state index in [1.165, 1.54) is 0 Å². The van der Waals surface area contributed by atoms with Gasteiger partial charge in [0.2, 0.25) is 0 Å². The first-order chi connectivity index (χ1) is 11.2. The second kappa shape index (κ2) is 6.88. The summed E-state index contributed by atoms with van der Waals surface area (Å²) in [6, 6.07) is 7.42. The van der Waals surface area contributed by atoms with Crippen molar-refractivity contribution in [3.05, 3.63) is 69.1 Å². The lowest BCUT2D eigenvalue weighted by molar-refractivity contribution is -0.137. The van der Waals surface area contributed by atoms with Crippen molar-refractivity contribution < 1.29 is 23.1 Å². The molecule has 2 aromatic rings. The third kappa shape index (κ3) is 4.02. The van der Waals surface area contributed by atoms with Crippen molar-refractivity contribution in [3.8, 4) is 0 Å². The summed E-state index contributed by atoms with van der Waals surface area (Å²) in [5, 5.41) is 12.3. The minimum Gasteiger partial charge on any atom is -0.387 e. The first-order valence-electron chi connectivity index (χ1n) is 7.02. The standard InChI is InChI=1S/C16H15F3N2O3/c1-9-4-2-3-5-11(9)13(22)8-21-15(24)12-6-10(16(17,18)19)7-20-14(12)23/h2-7,13,22H,8H2,1H3,(H,20,23)(H,21,24). The molecular weight excluding hydrogens is 325 g/mol. The third-order valence-corrected chi connectivity index (χ3v) is 3.48. The van der Waals surface area contributed by atoms with Gasteiger partial charge < -0.3 is 15.4 Å². The summed E-state index contributed by atoms with van der Waals surface area (Å²) in [5.41, 5.74) is -1.36. The Labute approximate surface area is 135 Å². The van der Waals surface area contributed by atoms with Gasteiger partial charge in [-0.1, -0.05) is 24.3 Å². The zero-order valence-electron chi connectivity index (χ0n) is 12.6. The Hall–Kier alpha value is -2.61. The number of benzene rings is 1. The maximum Gasteiger partial charge on any atom is 0.417 e. The topological polar surface area (TPSA) is 82.2 Å². The second-order valence-corrected chi connectivity index (χ2v) is 5.21. The molecule has 1 aromatic heterocycles. The first-order valence-corrected chi connectivity index (χ1v) is 7.02. The highest BCUT2D eigenvalue weighted by atomic mass is 19.4. The maximum absolute atomic E-state index is 12.6. The van der Waals surface area contributed by atoms with Crippen LogP contribution in [0.3, 0.4) is 0 Å². The predicted octanol–water partition coefficient (Wildman–Crippen LogP) is 2.17. The van der Waals surface area contributed by atoms with E-state index in [2.05, 4.69) is 5.32 Å². The molecule has 1 amide bonds. The Morgan fingerprint density at radius 2 is 2.00 bits per heavy atom. The van der Waals surface area contributed by atoms with Crippen LogP contribution in [0.15, 0.2) is 41.3 Å². The number of amides is 1. The summed E-state index contributed by atoms with van der Waals surface area (Å²) in [5.74, 6) is -0.991. The molecule has 3 N–H and O–H groups in total. The highest BCUT2D eigenvalue weighted by Crippen LogP contribution is 2.28. The summed E-state index contributed by atoms with van der Waals surface area (Å²) < 4.78 is 37.9. The lowest BCUT2D eigenvalue weighted by Crippen LogP contribution is -2.33. The highest BCUT2D eigenvalue weighted by molar-refractivity contribution is 5.94. The molecule has 128 valence electrons. The van der Waals surface area contributed by atoms with Crippen molar-refractivity contribution in [1.82, 2.24) is 10.3 Å². The number of aliphatic hydroxyl groups excluding tert-OH is 1. The van der Waals surface area contributed by atoms with E-state index in [0.717, 1.165) is 5.56 Å². The lowest BCUT2D eigenvalue weighted by atomic mass is 10.0. The van der Waals surface area contributed by atoms with Crippen LogP contribution < -0.4 is 10.9 Å². The summed E-state index contributed by atoms with van der Waals surface area (Å²) in [6.45, 7) is 1.54. The zero-order chi connectivity index (χ0) is 17.9. The Bertz CT molecular complexity index is 800. The maximum atomic E-state index is 12.6. The van der Waals surface area contributed by atoms with Gasteiger partial charge >= 0.3 is 6.18 Å². The quantitative estimate of drug-likeness (QED) is 0.798. The molecule has 1 unspecified atom stereocenters. The number of H-pyrrole nitrogens is 1. The van der Waals surface area contributed by atoms with Crippen LogP contribution in [0.1, 0.15) is 33.2 Å². The number of hydrogen-bond acceptors (Lipinski definition) is 3. The minimum atomic E-state index is -4.68.